The molecule has 0 saturated carbocycles. The first-order valence-corrected chi connectivity index (χ1v) is 8.16. The average molecular weight is 293 g/mol. The maximum Gasteiger partial charge on any atom is 0.244 e. The standard InChI is InChI=1S/C12H21ClN2O2S/c1-4-6-15(7-5-2)18(16,17)12-8-11(9-13)14(3)10-12/h8,10H,4-7,9H2,1-3H3. The van der Waals surface area contributed by atoms with E-state index in [-0.39, 0.29) is 0 Å². The molecule has 0 bridgehead atoms. The summed E-state index contributed by atoms with van der Waals surface area (Å²) >= 11 is 5.77. The van der Waals surface area contributed by atoms with Crippen molar-refractivity contribution in [3.8, 4) is 0 Å². The van der Waals surface area contributed by atoms with E-state index in [1.54, 1.807) is 28.2 Å². The summed E-state index contributed by atoms with van der Waals surface area (Å²) in [5, 5.41) is 0. The lowest BCUT2D eigenvalue weighted by Gasteiger charge is -2.20. The van der Waals surface area contributed by atoms with Gasteiger partial charge in [-0.3, -0.25) is 0 Å². The van der Waals surface area contributed by atoms with Crippen LogP contribution in [0.4, 0.5) is 0 Å². The van der Waals surface area contributed by atoms with Crippen LogP contribution in [0.15, 0.2) is 17.2 Å². The molecule has 18 heavy (non-hydrogen) atoms. The third kappa shape index (κ3) is 3.28. The van der Waals surface area contributed by atoms with Crippen LogP contribution >= 0.6 is 11.6 Å². The van der Waals surface area contributed by atoms with Gasteiger partial charge in [-0.05, 0) is 18.9 Å². The molecular formula is C12H21ClN2O2S. The Morgan fingerprint density at radius 3 is 2.22 bits per heavy atom. The molecule has 0 atom stereocenters. The second kappa shape index (κ2) is 6.59. The Labute approximate surface area is 115 Å². The van der Waals surface area contributed by atoms with Crippen molar-refractivity contribution in [1.29, 1.82) is 0 Å². The summed E-state index contributed by atoms with van der Waals surface area (Å²) in [6.45, 7) is 5.07. The maximum absolute atomic E-state index is 12.5. The lowest BCUT2D eigenvalue weighted by molar-refractivity contribution is 0.410. The summed E-state index contributed by atoms with van der Waals surface area (Å²) in [6, 6.07) is 1.65. The molecule has 0 radical (unpaired) electrons. The Kier molecular flexibility index (Phi) is 5.69. The van der Waals surface area contributed by atoms with Crippen LogP contribution in [0.3, 0.4) is 0 Å². The van der Waals surface area contributed by atoms with Crippen molar-refractivity contribution >= 4 is 21.6 Å². The zero-order chi connectivity index (χ0) is 13.8. The molecule has 0 N–H and O–H groups in total. The first-order valence-electron chi connectivity index (χ1n) is 6.18. The molecule has 1 aromatic heterocycles. The van der Waals surface area contributed by atoms with Gasteiger partial charge in [-0.25, -0.2) is 8.42 Å². The van der Waals surface area contributed by atoms with Gasteiger partial charge in [0.05, 0.1) is 5.88 Å². The van der Waals surface area contributed by atoms with Crippen molar-refractivity contribution in [2.45, 2.75) is 37.5 Å². The summed E-state index contributed by atoms with van der Waals surface area (Å²) in [5.74, 6) is 0.313. The van der Waals surface area contributed by atoms with Gasteiger partial charge in [0.25, 0.3) is 0 Å². The first-order chi connectivity index (χ1) is 8.47. The number of aromatic nitrogens is 1. The monoisotopic (exact) mass is 292 g/mol. The number of sulfonamides is 1. The molecule has 4 nitrogen and oxygen atoms in total. The normalized spacial score (nSPS) is 12.3. The quantitative estimate of drug-likeness (QED) is 0.725. The van der Waals surface area contributed by atoms with E-state index in [9.17, 15) is 8.42 Å². The molecule has 0 amide bonds. The number of alkyl halides is 1. The van der Waals surface area contributed by atoms with Crippen LogP contribution in [-0.2, 0) is 23.0 Å². The maximum atomic E-state index is 12.5. The van der Waals surface area contributed by atoms with E-state index in [0.29, 0.717) is 23.9 Å². The van der Waals surface area contributed by atoms with E-state index in [1.807, 2.05) is 13.8 Å². The zero-order valence-electron chi connectivity index (χ0n) is 11.2. The van der Waals surface area contributed by atoms with Crippen LogP contribution in [0.2, 0.25) is 0 Å². The summed E-state index contributed by atoms with van der Waals surface area (Å²) < 4.78 is 28.2. The minimum Gasteiger partial charge on any atom is -0.352 e. The van der Waals surface area contributed by atoms with Crippen molar-refractivity contribution in [3.63, 3.8) is 0 Å². The van der Waals surface area contributed by atoms with Gasteiger partial charge in [0.1, 0.15) is 4.90 Å². The second-order valence-electron chi connectivity index (χ2n) is 4.32. The fraction of sp³-hybridized carbons (Fsp3) is 0.667. The minimum atomic E-state index is -3.38. The highest BCUT2D eigenvalue weighted by Crippen LogP contribution is 2.20. The summed E-state index contributed by atoms with van der Waals surface area (Å²) in [7, 11) is -1.58. The third-order valence-corrected chi connectivity index (χ3v) is 4.94. The first kappa shape index (κ1) is 15.5. The molecule has 1 aromatic rings. The van der Waals surface area contributed by atoms with Crippen molar-refractivity contribution < 1.29 is 8.42 Å². The van der Waals surface area contributed by atoms with Crippen LogP contribution < -0.4 is 0 Å². The topological polar surface area (TPSA) is 42.3 Å². The zero-order valence-corrected chi connectivity index (χ0v) is 12.8. The highest BCUT2D eigenvalue weighted by Gasteiger charge is 2.24. The molecule has 1 heterocycles. The van der Waals surface area contributed by atoms with E-state index >= 15 is 0 Å². The molecule has 0 aromatic carbocycles. The summed E-state index contributed by atoms with van der Waals surface area (Å²) in [6.07, 6.45) is 3.26. The number of nitrogens with zero attached hydrogens (tertiary/aromatic N) is 2. The van der Waals surface area contributed by atoms with Crippen molar-refractivity contribution in [3.05, 3.63) is 18.0 Å². The molecule has 0 aliphatic rings. The van der Waals surface area contributed by atoms with E-state index in [2.05, 4.69) is 0 Å². The SMILES string of the molecule is CCCN(CCC)S(=O)(=O)c1cc(CCl)n(C)c1. The third-order valence-electron chi connectivity index (χ3n) is 2.80. The number of hydrogen-bond acceptors (Lipinski definition) is 2. The van der Waals surface area contributed by atoms with Gasteiger partial charge in [0.15, 0.2) is 0 Å². The van der Waals surface area contributed by atoms with Crippen LogP contribution in [0.25, 0.3) is 0 Å². The van der Waals surface area contributed by atoms with Gasteiger partial charge in [0.2, 0.25) is 10.0 Å². The number of hydrogen-bond donors (Lipinski definition) is 0. The molecule has 0 fully saturated rings. The largest absolute Gasteiger partial charge is 0.352 e. The average Bonchev–Trinajstić information content (AvgIpc) is 2.71. The Bertz CT molecular complexity index is 476. The molecule has 1 rings (SSSR count). The van der Waals surface area contributed by atoms with Crippen LogP contribution in [0.1, 0.15) is 32.4 Å². The Balaban J connectivity index is 3.09. The molecule has 0 unspecified atom stereocenters. The predicted octanol–water partition coefficient (Wildman–Crippen LogP) is 2.57. The summed E-state index contributed by atoms with van der Waals surface area (Å²) in [4.78, 5) is 0.336. The number of rotatable bonds is 7. The minimum absolute atomic E-state index is 0.313. The van der Waals surface area contributed by atoms with E-state index < -0.39 is 10.0 Å². The van der Waals surface area contributed by atoms with Gasteiger partial charge in [-0.1, -0.05) is 13.8 Å². The van der Waals surface area contributed by atoms with E-state index in [0.717, 1.165) is 18.5 Å². The fourth-order valence-corrected chi connectivity index (χ4v) is 3.84. The van der Waals surface area contributed by atoms with E-state index in [1.165, 1.54) is 0 Å². The highest BCUT2D eigenvalue weighted by atomic mass is 35.5. The van der Waals surface area contributed by atoms with Crippen molar-refractivity contribution in [1.82, 2.24) is 8.87 Å². The smallest absolute Gasteiger partial charge is 0.244 e. The highest BCUT2D eigenvalue weighted by molar-refractivity contribution is 7.89. The second-order valence-corrected chi connectivity index (χ2v) is 6.52. The van der Waals surface area contributed by atoms with Crippen LogP contribution in [0, 0.1) is 0 Å². The Morgan fingerprint density at radius 1 is 1.28 bits per heavy atom. The molecule has 0 aliphatic heterocycles. The van der Waals surface area contributed by atoms with Crippen LogP contribution in [0.5, 0.6) is 0 Å². The molecular weight excluding hydrogens is 272 g/mol. The molecule has 0 spiro atoms. The van der Waals surface area contributed by atoms with Gasteiger partial charge >= 0.3 is 0 Å². The molecule has 6 heteroatoms. The number of halogens is 1. The number of aryl methyl sites for hydroxylation is 1. The van der Waals surface area contributed by atoms with Crippen molar-refractivity contribution in [2.75, 3.05) is 13.1 Å². The lowest BCUT2D eigenvalue weighted by Crippen LogP contribution is -2.32. The Morgan fingerprint density at radius 2 is 1.83 bits per heavy atom. The van der Waals surface area contributed by atoms with Crippen LogP contribution in [-0.4, -0.2) is 30.4 Å². The molecule has 0 aliphatic carbocycles. The Hall–Kier alpha value is -0.520. The van der Waals surface area contributed by atoms with Crippen molar-refractivity contribution in [2.24, 2.45) is 7.05 Å². The lowest BCUT2D eigenvalue weighted by atomic mass is 10.4. The fourth-order valence-electron chi connectivity index (χ4n) is 1.85. The van der Waals surface area contributed by atoms with Gasteiger partial charge in [0, 0.05) is 32.0 Å². The van der Waals surface area contributed by atoms with Gasteiger partial charge in [-0.15, -0.1) is 11.6 Å². The predicted molar refractivity (Wildman–Crippen MR) is 74.3 cm³/mol. The van der Waals surface area contributed by atoms with Gasteiger partial charge < -0.3 is 4.57 Å². The summed E-state index contributed by atoms with van der Waals surface area (Å²) in [5.41, 5.74) is 0.809. The van der Waals surface area contributed by atoms with Gasteiger partial charge in [-0.2, -0.15) is 4.31 Å². The molecule has 0 saturated heterocycles. The molecule has 104 valence electrons. The van der Waals surface area contributed by atoms with E-state index in [4.69, 9.17) is 11.6 Å².